The van der Waals surface area contributed by atoms with E-state index < -0.39 is 0 Å². The highest BCUT2D eigenvalue weighted by atomic mass is 32.2. The van der Waals surface area contributed by atoms with Crippen molar-refractivity contribution in [1.29, 1.82) is 0 Å². The lowest BCUT2D eigenvalue weighted by atomic mass is 9.93. The molecule has 2 aliphatic heterocycles. The number of rotatable bonds is 4. The van der Waals surface area contributed by atoms with Crippen LogP contribution in [-0.2, 0) is 4.74 Å². The predicted octanol–water partition coefficient (Wildman–Crippen LogP) is 1.66. The van der Waals surface area contributed by atoms with E-state index in [2.05, 4.69) is 23.3 Å². The molecule has 1 unspecified atom stereocenters. The molecule has 4 heteroatoms. The van der Waals surface area contributed by atoms with Crippen LogP contribution in [0.4, 0.5) is 0 Å². The lowest BCUT2D eigenvalue weighted by Crippen LogP contribution is -2.38. The summed E-state index contributed by atoms with van der Waals surface area (Å²) in [4.78, 5) is 0. The largest absolute Gasteiger partial charge is 0.496 e. The van der Waals surface area contributed by atoms with Crippen molar-refractivity contribution in [2.45, 2.75) is 31.7 Å². The summed E-state index contributed by atoms with van der Waals surface area (Å²) in [5.41, 5.74) is 2.89. The fourth-order valence-electron chi connectivity index (χ4n) is 2.26. The quantitative estimate of drug-likeness (QED) is 0.567. The Morgan fingerprint density at radius 2 is 2.33 bits per heavy atom. The zero-order valence-corrected chi connectivity index (χ0v) is 9.89. The van der Waals surface area contributed by atoms with Crippen LogP contribution in [-0.4, -0.2) is 24.2 Å². The minimum atomic E-state index is 0.237. The maximum Gasteiger partial charge on any atom is 0.110 e. The van der Waals surface area contributed by atoms with Gasteiger partial charge in [-0.2, -0.15) is 11.8 Å². The molecule has 0 radical (unpaired) electrons. The van der Waals surface area contributed by atoms with Crippen LogP contribution in [0.15, 0.2) is 11.8 Å². The first-order valence-corrected chi connectivity index (χ1v) is 6.92. The molecule has 0 amide bonds. The van der Waals surface area contributed by atoms with Crippen LogP contribution in [0.5, 0.6) is 0 Å². The third kappa shape index (κ3) is 3.13. The molecule has 86 valence electrons. The number of thioether (sulfide) groups is 1. The van der Waals surface area contributed by atoms with Gasteiger partial charge >= 0.3 is 0 Å². The Labute approximate surface area is 95.8 Å². The number of ether oxygens (including phenoxy) is 1. The van der Waals surface area contributed by atoms with Crippen LogP contribution in [0.25, 0.3) is 0 Å². The normalized spacial score (nSPS) is 24.7. The molecule has 0 aromatic heterocycles. The Morgan fingerprint density at radius 3 is 2.93 bits per heavy atom. The van der Waals surface area contributed by atoms with Gasteiger partial charge in [0.15, 0.2) is 0 Å². The molecule has 2 aliphatic rings. The molecule has 0 aliphatic carbocycles. The Kier molecular flexibility index (Phi) is 4.35. The molecule has 0 saturated carbocycles. The number of nitrogens with two attached hydrogens (primary N) is 1. The lowest BCUT2D eigenvalue weighted by Gasteiger charge is -2.26. The first-order valence-electron chi connectivity index (χ1n) is 5.77. The topological polar surface area (TPSA) is 47.3 Å². The number of hydrazine groups is 1. The minimum Gasteiger partial charge on any atom is -0.496 e. The monoisotopic (exact) mass is 228 g/mol. The van der Waals surface area contributed by atoms with Gasteiger partial charge in [0, 0.05) is 6.42 Å². The zero-order chi connectivity index (χ0) is 10.5. The van der Waals surface area contributed by atoms with Gasteiger partial charge in [-0.25, -0.2) is 5.43 Å². The fourth-order valence-corrected chi connectivity index (χ4v) is 3.47. The van der Waals surface area contributed by atoms with E-state index in [-0.39, 0.29) is 6.04 Å². The van der Waals surface area contributed by atoms with Crippen molar-refractivity contribution >= 4 is 11.8 Å². The van der Waals surface area contributed by atoms with Crippen molar-refractivity contribution in [2.75, 3.05) is 18.1 Å². The highest BCUT2D eigenvalue weighted by Crippen LogP contribution is 2.28. The summed E-state index contributed by atoms with van der Waals surface area (Å²) >= 11 is 2.07. The number of hydrogen-bond donors (Lipinski definition) is 2. The van der Waals surface area contributed by atoms with E-state index in [1.54, 1.807) is 0 Å². The van der Waals surface area contributed by atoms with Gasteiger partial charge in [-0.15, -0.1) is 0 Å². The summed E-state index contributed by atoms with van der Waals surface area (Å²) in [7, 11) is 0. The Morgan fingerprint density at radius 1 is 1.53 bits per heavy atom. The van der Waals surface area contributed by atoms with Gasteiger partial charge in [0.05, 0.1) is 12.6 Å². The van der Waals surface area contributed by atoms with Crippen molar-refractivity contribution in [3.05, 3.63) is 11.8 Å². The highest BCUT2D eigenvalue weighted by molar-refractivity contribution is 7.99. The lowest BCUT2D eigenvalue weighted by molar-refractivity contribution is 0.202. The van der Waals surface area contributed by atoms with Gasteiger partial charge in [-0.3, -0.25) is 5.84 Å². The summed E-state index contributed by atoms with van der Waals surface area (Å²) < 4.78 is 5.56. The molecule has 3 N–H and O–H groups in total. The maximum atomic E-state index is 5.59. The molecule has 2 heterocycles. The average Bonchev–Trinajstić information content (AvgIpc) is 2.81. The first kappa shape index (κ1) is 11.3. The summed E-state index contributed by atoms with van der Waals surface area (Å²) in [6.07, 6.45) is 6.99. The fraction of sp³-hybridized carbons (Fsp3) is 0.818. The Balaban J connectivity index is 1.83. The first-order chi connectivity index (χ1) is 7.40. The number of nitrogens with one attached hydrogen (secondary N) is 1. The molecular weight excluding hydrogens is 208 g/mol. The van der Waals surface area contributed by atoms with E-state index in [9.17, 15) is 0 Å². The van der Waals surface area contributed by atoms with Gasteiger partial charge in [-0.05, 0) is 42.8 Å². The Bertz CT molecular complexity index is 227. The van der Waals surface area contributed by atoms with Crippen molar-refractivity contribution in [2.24, 2.45) is 11.8 Å². The highest BCUT2D eigenvalue weighted by Gasteiger charge is 2.23. The summed E-state index contributed by atoms with van der Waals surface area (Å²) in [5, 5.41) is 0. The average molecular weight is 228 g/mol. The minimum absolute atomic E-state index is 0.237. The molecule has 2 rings (SSSR count). The van der Waals surface area contributed by atoms with Crippen molar-refractivity contribution in [3.63, 3.8) is 0 Å². The van der Waals surface area contributed by atoms with E-state index in [1.807, 2.05) is 0 Å². The van der Waals surface area contributed by atoms with E-state index in [0.717, 1.165) is 31.1 Å². The molecule has 0 aromatic rings. The maximum absolute atomic E-state index is 5.59. The van der Waals surface area contributed by atoms with E-state index in [1.165, 1.54) is 24.3 Å². The molecule has 0 spiro atoms. The van der Waals surface area contributed by atoms with Crippen LogP contribution in [0.3, 0.4) is 0 Å². The molecule has 1 saturated heterocycles. The molecule has 1 fully saturated rings. The van der Waals surface area contributed by atoms with Gasteiger partial charge in [0.1, 0.15) is 5.76 Å². The predicted molar refractivity (Wildman–Crippen MR) is 64.4 cm³/mol. The van der Waals surface area contributed by atoms with Crippen LogP contribution in [0.2, 0.25) is 0 Å². The van der Waals surface area contributed by atoms with Crippen molar-refractivity contribution < 1.29 is 4.74 Å². The summed E-state index contributed by atoms with van der Waals surface area (Å²) in [6, 6.07) is 0.237. The van der Waals surface area contributed by atoms with Gasteiger partial charge in [-0.1, -0.05) is 0 Å². The smallest absolute Gasteiger partial charge is 0.110 e. The van der Waals surface area contributed by atoms with E-state index in [4.69, 9.17) is 10.6 Å². The molecule has 15 heavy (non-hydrogen) atoms. The molecule has 0 aromatic carbocycles. The van der Waals surface area contributed by atoms with Gasteiger partial charge < -0.3 is 4.74 Å². The van der Waals surface area contributed by atoms with Crippen LogP contribution in [0, 0.1) is 5.92 Å². The molecular formula is C11H20N2OS. The van der Waals surface area contributed by atoms with Crippen molar-refractivity contribution in [3.8, 4) is 0 Å². The third-order valence-corrected chi connectivity index (χ3v) is 4.24. The van der Waals surface area contributed by atoms with Crippen LogP contribution < -0.4 is 11.3 Å². The molecule has 1 atom stereocenters. The zero-order valence-electron chi connectivity index (χ0n) is 9.08. The van der Waals surface area contributed by atoms with E-state index in [0.29, 0.717) is 0 Å². The second-order valence-corrected chi connectivity index (χ2v) is 5.48. The third-order valence-electron chi connectivity index (χ3n) is 3.19. The van der Waals surface area contributed by atoms with Gasteiger partial charge in [0.2, 0.25) is 0 Å². The Hall–Kier alpha value is -0.190. The van der Waals surface area contributed by atoms with E-state index >= 15 is 0 Å². The van der Waals surface area contributed by atoms with Gasteiger partial charge in [0.25, 0.3) is 0 Å². The second-order valence-electron chi connectivity index (χ2n) is 4.25. The summed E-state index contributed by atoms with van der Waals surface area (Å²) in [5.74, 6) is 10.1. The summed E-state index contributed by atoms with van der Waals surface area (Å²) in [6.45, 7) is 0.827. The SMILES string of the molecule is NNC(CC1CCSCC1)C1=CCCO1. The van der Waals surface area contributed by atoms with Crippen molar-refractivity contribution in [1.82, 2.24) is 5.43 Å². The molecule has 0 bridgehead atoms. The second kappa shape index (κ2) is 5.77. The molecule has 3 nitrogen and oxygen atoms in total. The van der Waals surface area contributed by atoms with Crippen LogP contribution >= 0.6 is 11.8 Å². The standard InChI is InChI=1S/C11H20N2OS/c12-13-10(11-2-1-5-14-11)8-9-3-6-15-7-4-9/h2,9-10,13H,1,3-8,12H2. The number of hydrogen-bond acceptors (Lipinski definition) is 4. The van der Waals surface area contributed by atoms with Crippen LogP contribution in [0.1, 0.15) is 25.7 Å².